The third-order valence-electron chi connectivity index (χ3n) is 2.16. The maximum atomic E-state index is 12.8. The summed E-state index contributed by atoms with van der Waals surface area (Å²) < 4.78 is 38.3. The molecule has 0 saturated carbocycles. The molecule has 1 heterocycles. The number of rotatable bonds is 1. The van der Waals surface area contributed by atoms with Crippen molar-refractivity contribution in [1.29, 1.82) is 0 Å². The van der Waals surface area contributed by atoms with Crippen LogP contribution in [0.15, 0.2) is 36.8 Å². The first-order chi connectivity index (χ1) is 8.00. The highest BCUT2D eigenvalue weighted by Crippen LogP contribution is 2.37. The van der Waals surface area contributed by atoms with Gasteiger partial charge in [-0.1, -0.05) is 29.8 Å². The van der Waals surface area contributed by atoms with Crippen LogP contribution in [-0.2, 0) is 6.18 Å². The minimum atomic E-state index is -4.44. The third-order valence-corrected chi connectivity index (χ3v) is 2.43. The Balaban J connectivity index is 2.65. The molecule has 2 rings (SSSR count). The molecule has 0 radical (unpaired) electrons. The lowest BCUT2D eigenvalue weighted by Crippen LogP contribution is -2.07. The zero-order chi connectivity index (χ0) is 12.5. The van der Waals surface area contributed by atoms with E-state index in [0.29, 0.717) is 0 Å². The largest absolute Gasteiger partial charge is 0.417 e. The van der Waals surface area contributed by atoms with Crippen LogP contribution in [0.25, 0.3) is 11.3 Å². The fourth-order valence-electron chi connectivity index (χ4n) is 1.45. The van der Waals surface area contributed by atoms with Crippen molar-refractivity contribution in [1.82, 2.24) is 9.97 Å². The van der Waals surface area contributed by atoms with Gasteiger partial charge in [0.25, 0.3) is 0 Å². The summed E-state index contributed by atoms with van der Waals surface area (Å²) in [6.07, 6.45) is -2.02. The molecule has 0 atom stereocenters. The molecule has 0 bridgehead atoms. The number of nitrogens with zero attached hydrogens (tertiary/aromatic N) is 2. The summed E-state index contributed by atoms with van der Waals surface area (Å²) in [6.45, 7) is 0. The first kappa shape index (κ1) is 11.9. The predicted molar refractivity (Wildman–Crippen MR) is 57.5 cm³/mol. The van der Waals surface area contributed by atoms with Gasteiger partial charge < -0.3 is 0 Å². The van der Waals surface area contributed by atoms with E-state index in [-0.39, 0.29) is 16.3 Å². The molecule has 0 amide bonds. The average molecular weight is 259 g/mol. The highest BCUT2D eigenvalue weighted by Gasteiger charge is 2.34. The van der Waals surface area contributed by atoms with Crippen LogP contribution in [0.3, 0.4) is 0 Å². The Morgan fingerprint density at radius 2 is 1.82 bits per heavy atom. The molecule has 2 nitrogen and oxygen atoms in total. The summed E-state index contributed by atoms with van der Waals surface area (Å²) >= 11 is 5.79. The molecule has 0 spiro atoms. The minimum absolute atomic E-state index is 0.0487. The minimum Gasteiger partial charge on any atom is -0.243 e. The fourth-order valence-corrected chi connectivity index (χ4v) is 1.65. The average Bonchev–Trinajstić information content (AvgIpc) is 2.28. The van der Waals surface area contributed by atoms with Crippen LogP contribution in [0.2, 0.25) is 5.02 Å². The van der Waals surface area contributed by atoms with E-state index >= 15 is 0 Å². The standard InChI is InChI=1S/C11H6ClF3N2/c12-9-5-16-6-17-10(9)7-3-1-2-4-8(7)11(13,14)15/h1-6H. The van der Waals surface area contributed by atoms with Gasteiger partial charge in [-0.25, -0.2) is 9.97 Å². The Kier molecular flexibility index (Phi) is 3.02. The van der Waals surface area contributed by atoms with E-state index in [1.807, 2.05) is 0 Å². The summed E-state index contributed by atoms with van der Waals surface area (Å²) in [5.41, 5.74) is -0.734. The zero-order valence-electron chi connectivity index (χ0n) is 8.37. The van der Waals surface area contributed by atoms with E-state index in [1.54, 1.807) is 0 Å². The summed E-state index contributed by atoms with van der Waals surface area (Å²) in [4.78, 5) is 7.42. The van der Waals surface area contributed by atoms with Gasteiger partial charge in [0.2, 0.25) is 0 Å². The van der Waals surface area contributed by atoms with Crippen LogP contribution in [0.4, 0.5) is 13.2 Å². The van der Waals surface area contributed by atoms with Crippen molar-refractivity contribution in [2.75, 3.05) is 0 Å². The van der Waals surface area contributed by atoms with Crippen molar-refractivity contribution < 1.29 is 13.2 Å². The molecule has 2 aromatic rings. The van der Waals surface area contributed by atoms with Crippen LogP contribution >= 0.6 is 11.6 Å². The van der Waals surface area contributed by atoms with E-state index in [1.165, 1.54) is 24.4 Å². The van der Waals surface area contributed by atoms with E-state index in [4.69, 9.17) is 11.6 Å². The second kappa shape index (κ2) is 4.33. The van der Waals surface area contributed by atoms with E-state index in [9.17, 15) is 13.2 Å². The van der Waals surface area contributed by atoms with Gasteiger partial charge in [-0.3, -0.25) is 0 Å². The van der Waals surface area contributed by atoms with Gasteiger partial charge in [0, 0.05) is 11.8 Å². The number of halogens is 4. The van der Waals surface area contributed by atoms with Crippen molar-refractivity contribution in [3.8, 4) is 11.3 Å². The molecular formula is C11H6ClF3N2. The first-order valence-corrected chi connectivity index (χ1v) is 5.00. The van der Waals surface area contributed by atoms with Gasteiger partial charge in [0.1, 0.15) is 6.33 Å². The maximum Gasteiger partial charge on any atom is 0.417 e. The van der Waals surface area contributed by atoms with Gasteiger partial charge in [-0.05, 0) is 6.07 Å². The molecule has 0 aliphatic heterocycles. The summed E-state index contributed by atoms with van der Waals surface area (Å²) in [5, 5.41) is 0.0872. The van der Waals surface area contributed by atoms with Gasteiger partial charge in [0.15, 0.2) is 0 Å². The number of benzene rings is 1. The first-order valence-electron chi connectivity index (χ1n) is 4.62. The lowest BCUT2D eigenvalue weighted by molar-refractivity contribution is -0.137. The second-order valence-electron chi connectivity index (χ2n) is 3.26. The van der Waals surface area contributed by atoms with Gasteiger partial charge in [-0.15, -0.1) is 0 Å². The van der Waals surface area contributed by atoms with Gasteiger partial charge in [0.05, 0.1) is 16.3 Å². The number of hydrogen-bond acceptors (Lipinski definition) is 2. The summed E-state index contributed by atoms with van der Waals surface area (Å²) in [7, 11) is 0. The van der Waals surface area contributed by atoms with Crippen molar-refractivity contribution in [2.45, 2.75) is 6.18 Å². The molecule has 0 unspecified atom stereocenters. The molecule has 0 saturated heterocycles. The second-order valence-corrected chi connectivity index (χ2v) is 3.67. The molecule has 0 aliphatic rings. The Labute approximate surface area is 100 Å². The Morgan fingerprint density at radius 1 is 1.12 bits per heavy atom. The van der Waals surface area contributed by atoms with E-state index in [2.05, 4.69) is 9.97 Å². The SMILES string of the molecule is FC(F)(F)c1ccccc1-c1ncncc1Cl. The fraction of sp³-hybridized carbons (Fsp3) is 0.0909. The molecule has 0 N–H and O–H groups in total. The smallest absolute Gasteiger partial charge is 0.243 e. The third kappa shape index (κ3) is 2.39. The normalized spacial score (nSPS) is 11.5. The van der Waals surface area contributed by atoms with E-state index < -0.39 is 11.7 Å². The number of alkyl halides is 3. The quantitative estimate of drug-likeness (QED) is 0.777. The highest BCUT2D eigenvalue weighted by atomic mass is 35.5. The number of aromatic nitrogens is 2. The van der Waals surface area contributed by atoms with Crippen molar-refractivity contribution >= 4 is 11.6 Å². The zero-order valence-corrected chi connectivity index (χ0v) is 9.13. The monoisotopic (exact) mass is 258 g/mol. The maximum absolute atomic E-state index is 12.8. The Bertz CT molecular complexity index is 540. The summed E-state index contributed by atoms with van der Waals surface area (Å²) in [6, 6.07) is 5.15. The molecule has 17 heavy (non-hydrogen) atoms. The van der Waals surface area contributed by atoms with Crippen molar-refractivity contribution in [2.24, 2.45) is 0 Å². The molecule has 0 aliphatic carbocycles. The van der Waals surface area contributed by atoms with Gasteiger partial charge >= 0.3 is 6.18 Å². The van der Waals surface area contributed by atoms with Crippen LogP contribution < -0.4 is 0 Å². The van der Waals surface area contributed by atoms with Crippen LogP contribution in [0.1, 0.15) is 5.56 Å². The van der Waals surface area contributed by atoms with Crippen LogP contribution in [-0.4, -0.2) is 9.97 Å². The predicted octanol–water partition coefficient (Wildman–Crippen LogP) is 3.82. The van der Waals surface area contributed by atoms with Crippen LogP contribution in [0, 0.1) is 0 Å². The molecular weight excluding hydrogens is 253 g/mol. The highest BCUT2D eigenvalue weighted by molar-refractivity contribution is 6.32. The number of hydrogen-bond donors (Lipinski definition) is 0. The summed E-state index contributed by atoms with van der Waals surface area (Å²) in [5.74, 6) is 0. The molecule has 1 aromatic carbocycles. The van der Waals surface area contributed by atoms with Crippen molar-refractivity contribution in [3.05, 3.63) is 47.4 Å². The topological polar surface area (TPSA) is 25.8 Å². The molecule has 0 fully saturated rings. The lowest BCUT2D eigenvalue weighted by atomic mass is 10.0. The Hall–Kier alpha value is -1.62. The van der Waals surface area contributed by atoms with Gasteiger partial charge in [-0.2, -0.15) is 13.2 Å². The van der Waals surface area contributed by atoms with Crippen molar-refractivity contribution in [3.63, 3.8) is 0 Å². The van der Waals surface area contributed by atoms with Crippen LogP contribution in [0.5, 0.6) is 0 Å². The molecule has 88 valence electrons. The lowest BCUT2D eigenvalue weighted by Gasteiger charge is -2.12. The van der Waals surface area contributed by atoms with E-state index in [0.717, 1.165) is 12.4 Å². The molecule has 1 aromatic heterocycles. The Morgan fingerprint density at radius 3 is 2.47 bits per heavy atom. The molecule has 6 heteroatoms.